The van der Waals surface area contributed by atoms with E-state index in [1.54, 1.807) is 14.2 Å². The van der Waals surface area contributed by atoms with Crippen molar-refractivity contribution in [1.29, 1.82) is 5.26 Å². The van der Waals surface area contributed by atoms with E-state index in [0.29, 0.717) is 23.8 Å². The number of methoxy groups -OCH3 is 2. The smallest absolute Gasteiger partial charge is 0.136 e. The fourth-order valence-electron chi connectivity index (χ4n) is 1.95. The lowest BCUT2D eigenvalue weighted by Crippen LogP contribution is -2.23. The van der Waals surface area contributed by atoms with Crippen molar-refractivity contribution in [2.75, 3.05) is 33.9 Å². The molecule has 4 nitrogen and oxygen atoms in total. The second-order valence-corrected chi connectivity index (χ2v) is 5.12. The van der Waals surface area contributed by atoms with Crippen LogP contribution in [0.3, 0.4) is 0 Å². The minimum absolute atomic E-state index is 0.438. The van der Waals surface area contributed by atoms with Crippen LogP contribution in [0.2, 0.25) is 0 Å². The molecule has 1 aromatic rings. The van der Waals surface area contributed by atoms with Gasteiger partial charge in [0.1, 0.15) is 11.8 Å². The lowest BCUT2D eigenvalue weighted by Gasteiger charge is -2.13. The summed E-state index contributed by atoms with van der Waals surface area (Å²) in [6.45, 7) is 6.67. The van der Waals surface area contributed by atoms with Crippen LogP contribution >= 0.6 is 0 Å². The Morgan fingerprint density at radius 2 is 2.14 bits per heavy atom. The highest BCUT2D eigenvalue weighted by molar-refractivity contribution is 5.59. The Labute approximate surface area is 127 Å². The SMILES string of the molecule is COCCNCC(=Cc1ccc(OC)c(C#N)c1)C(C)C. The highest BCUT2D eigenvalue weighted by Gasteiger charge is 2.06. The van der Waals surface area contributed by atoms with Gasteiger partial charge in [0.2, 0.25) is 0 Å². The molecule has 0 aliphatic heterocycles. The van der Waals surface area contributed by atoms with Crippen molar-refractivity contribution in [1.82, 2.24) is 5.32 Å². The van der Waals surface area contributed by atoms with E-state index < -0.39 is 0 Å². The molecule has 1 aromatic carbocycles. The van der Waals surface area contributed by atoms with E-state index in [1.807, 2.05) is 18.2 Å². The van der Waals surface area contributed by atoms with Crippen LogP contribution in [0.25, 0.3) is 6.08 Å². The molecule has 0 spiro atoms. The van der Waals surface area contributed by atoms with Gasteiger partial charge in [0.15, 0.2) is 0 Å². The second kappa shape index (κ2) is 9.17. The Morgan fingerprint density at radius 1 is 1.38 bits per heavy atom. The molecule has 0 aliphatic carbocycles. The molecule has 114 valence electrons. The fourth-order valence-corrected chi connectivity index (χ4v) is 1.95. The zero-order chi connectivity index (χ0) is 15.7. The minimum atomic E-state index is 0.438. The Balaban J connectivity index is 2.87. The Bertz CT molecular complexity index is 516. The van der Waals surface area contributed by atoms with Gasteiger partial charge in [0.05, 0.1) is 19.3 Å². The third-order valence-electron chi connectivity index (χ3n) is 3.25. The van der Waals surface area contributed by atoms with Gasteiger partial charge in [0.25, 0.3) is 0 Å². The third kappa shape index (κ3) is 5.58. The van der Waals surface area contributed by atoms with Crippen LogP contribution < -0.4 is 10.1 Å². The molecule has 1 N–H and O–H groups in total. The normalized spacial score (nSPS) is 11.5. The van der Waals surface area contributed by atoms with Gasteiger partial charge in [-0.3, -0.25) is 0 Å². The van der Waals surface area contributed by atoms with E-state index in [4.69, 9.17) is 14.7 Å². The Hall–Kier alpha value is -1.83. The van der Waals surface area contributed by atoms with Crippen molar-refractivity contribution < 1.29 is 9.47 Å². The molecule has 0 bridgehead atoms. The molecule has 0 fully saturated rings. The summed E-state index contributed by atoms with van der Waals surface area (Å²) in [4.78, 5) is 0. The van der Waals surface area contributed by atoms with Gasteiger partial charge in [0, 0.05) is 20.2 Å². The average Bonchev–Trinajstić information content (AvgIpc) is 2.49. The van der Waals surface area contributed by atoms with E-state index in [2.05, 4.69) is 31.3 Å². The topological polar surface area (TPSA) is 54.3 Å². The van der Waals surface area contributed by atoms with Crippen molar-refractivity contribution in [3.05, 3.63) is 34.9 Å². The summed E-state index contributed by atoms with van der Waals surface area (Å²) < 4.78 is 10.2. The molecule has 0 atom stereocenters. The molecule has 0 aromatic heterocycles. The van der Waals surface area contributed by atoms with E-state index in [1.165, 1.54) is 5.57 Å². The van der Waals surface area contributed by atoms with Crippen LogP contribution in [0.1, 0.15) is 25.0 Å². The number of nitrogens with one attached hydrogen (secondary N) is 1. The van der Waals surface area contributed by atoms with E-state index in [-0.39, 0.29) is 0 Å². The van der Waals surface area contributed by atoms with Crippen LogP contribution in [0.15, 0.2) is 23.8 Å². The van der Waals surface area contributed by atoms with Crippen molar-refractivity contribution in [2.45, 2.75) is 13.8 Å². The largest absolute Gasteiger partial charge is 0.495 e. The Kier molecular flexibility index (Phi) is 7.52. The number of nitriles is 1. The first kappa shape index (κ1) is 17.2. The summed E-state index contributed by atoms with van der Waals surface area (Å²) in [5, 5.41) is 12.5. The fraction of sp³-hybridized carbons (Fsp3) is 0.471. The molecule has 0 radical (unpaired) electrons. The first-order valence-corrected chi connectivity index (χ1v) is 7.10. The average molecular weight is 288 g/mol. The molecule has 0 aliphatic rings. The predicted molar refractivity (Wildman–Crippen MR) is 85.3 cm³/mol. The molecule has 1 rings (SSSR count). The van der Waals surface area contributed by atoms with Crippen molar-refractivity contribution in [2.24, 2.45) is 5.92 Å². The second-order valence-electron chi connectivity index (χ2n) is 5.12. The van der Waals surface area contributed by atoms with Crippen molar-refractivity contribution in [3.63, 3.8) is 0 Å². The quantitative estimate of drug-likeness (QED) is 0.747. The zero-order valence-electron chi connectivity index (χ0n) is 13.3. The van der Waals surface area contributed by atoms with Gasteiger partial charge in [-0.05, 0) is 23.6 Å². The standard InChI is InChI=1S/C17H24N2O2/c1-13(2)16(12-19-7-8-20-3)10-14-5-6-17(21-4)15(9-14)11-18/h5-6,9-10,13,19H,7-8,12H2,1-4H3. The molecule has 0 unspecified atom stereocenters. The lowest BCUT2D eigenvalue weighted by atomic mass is 9.99. The zero-order valence-corrected chi connectivity index (χ0v) is 13.3. The summed E-state index contributed by atoms with van der Waals surface area (Å²) in [5.41, 5.74) is 2.87. The monoisotopic (exact) mass is 288 g/mol. The van der Waals surface area contributed by atoms with Gasteiger partial charge in [-0.15, -0.1) is 0 Å². The number of benzene rings is 1. The summed E-state index contributed by atoms with van der Waals surface area (Å²) >= 11 is 0. The van der Waals surface area contributed by atoms with Crippen molar-refractivity contribution >= 4 is 6.08 Å². The van der Waals surface area contributed by atoms with E-state index in [0.717, 1.165) is 18.7 Å². The number of hydrogen-bond donors (Lipinski definition) is 1. The van der Waals surface area contributed by atoms with Crippen LogP contribution in [0, 0.1) is 17.2 Å². The molecule has 4 heteroatoms. The van der Waals surface area contributed by atoms with Gasteiger partial charge < -0.3 is 14.8 Å². The molecule has 21 heavy (non-hydrogen) atoms. The van der Waals surface area contributed by atoms with Crippen LogP contribution in [0.5, 0.6) is 5.75 Å². The summed E-state index contributed by atoms with van der Waals surface area (Å²) in [5.74, 6) is 1.05. The maximum Gasteiger partial charge on any atom is 0.136 e. The predicted octanol–water partition coefficient (Wildman–Crippen LogP) is 2.84. The third-order valence-corrected chi connectivity index (χ3v) is 3.25. The van der Waals surface area contributed by atoms with Crippen molar-refractivity contribution in [3.8, 4) is 11.8 Å². The van der Waals surface area contributed by atoms with Gasteiger partial charge in [-0.25, -0.2) is 0 Å². The van der Waals surface area contributed by atoms with Gasteiger partial charge in [-0.2, -0.15) is 5.26 Å². The van der Waals surface area contributed by atoms with Gasteiger partial charge in [-0.1, -0.05) is 31.6 Å². The van der Waals surface area contributed by atoms with E-state index in [9.17, 15) is 0 Å². The number of rotatable bonds is 8. The first-order chi connectivity index (χ1) is 10.1. The van der Waals surface area contributed by atoms with Crippen LogP contribution in [0.4, 0.5) is 0 Å². The van der Waals surface area contributed by atoms with Crippen LogP contribution in [-0.2, 0) is 4.74 Å². The minimum Gasteiger partial charge on any atom is -0.495 e. The number of nitrogens with zero attached hydrogens (tertiary/aromatic N) is 1. The maximum absolute atomic E-state index is 9.14. The Morgan fingerprint density at radius 3 is 2.71 bits per heavy atom. The molecule has 0 saturated carbocycles. The number of hydrogen-bond acceptors (Lipinski definition) is 4. The highest BCUT2D eigenvalue weighted by Crippen LogP contribution is 2.21. The van der Waals surface area contributed by atoms with E-state index >= 15 is 0 Å². The maximum atomic E-state index is 9.14. The lowest BCUT2D eigenvalue weighted by molar-refractivity contribution is 0.200. The summed E-state index contributed by atoms with van der Waals surface area (Å²) in [6, 6.07) is 7.82. The molecule has 0 heterocycles. The molecular weight excluding hydrogens is 264 g/mol. The highest BCUT2D eigenvalue weighted by atomic mass is 16.5. The molecular formula is C17H24N2O2. The summed E-state index contributed by atoms with van der Waals surface area (Å²) in [6.07, 6.45) is 2.13. The first-order valence-electron chi connectivity index (χ1n) is 7.10. The van der Waals surface area contributed by atoms with Crippen LogP contribution in [-0.4, -0.2) is 33.9 Å². The summed E-state index contributed by atoms with van der Waals surface area (Å²) in [7, 11) is 3.27. The molecule has 0 saturated heterocycles. The number of ether oxygens (including phenoxy) is 2. The molecule has 0 amide bonds. The van der Waals surface area contributed by atoms with Gasteiger partial charge >= 0.3 is 0 Å².